The molecule has 13 heavy (non-hydrogen) atoms. The van der Waals surface area contributed by atoms with Gasteiger partial charge in [0.05, 0.1) is 0 Å². The fraction of sp³-hybridized carbons (Fsp3) is 1.00. The first kappa shape index (κ1) is 13.1. The molecule has 0 aromatic heterocycles. The van der Waals surface area contributed by atoms with Crippen LogP contribution in [0.4, 0.5) is 0 Å². The minimum absolute atomic E-state index is 0.110. The Morgan fingerprint density at radius 2 is 1.85 bits per heavy atom. The van der Waals surface area contributed by atoms with Crippen molar-refractivity contribution in [2.24, 2.45) is 0 Å². The molecule has 0 amide bonds. The molecule has 0 bridgehead atoms. The first-order valence-corrected chi connectivity index (χ1v) is 6.20. The number of rotatable bonds is 8. The molecule has 0 atom stereocenters. The van der Waals surface area contributed by atoms with E-state index in [1.54, 1.807) is 0 Å². The first-order chi connectivity index (χ1) is 6.12. The van der Waals surface area contributed by atoms with Gasteiger partial charge < -0.3 is 9.74 Å². The summed E-state index contributed by atoms with van der Waals surface area (Å²) in [7, 11) is 0.847. The summed E-state index contributed by atoms with van der Waals surface area (Å²) in [6, 6.07) is 0. The number of hydrogen-bond acceptors (Lipinski definition) is 2. The number of unbranched alkanes of at least 4 members (excludes halogenated alkanes) is 1. The predicted molar refractivity (Wildman–Crippen MR) is 62.1 cm³/mol. The Labute approximate surface area is 86.0 Å². The Bertz CT molecular complexity index is 117. The lowest BCUT2D eigenvalue weighted by molar-refractivity contribution is 0.110. The Morgan fingerprint density at radius 1 is 1.23 bits per heavy atom. The molecule has 0 aliphatic carbocycles. The zero-order valence-electron chi connectivity index (χ0n) is 9.65. The molecule has 0 fully saturated rings. The maximum absolute atomic E-state index is 5.48. The van der Waals surface area contributed by atoms with Crippen LogP contribution in [0.1, 0.15) is 46.5 Å². The molecular formula is C10H25NOSi. The molecule has 0 aromatic rings. The highest BCUT2D eigenvalue weighted by molar-refractivity contribution is 5.98. The van der Waals surface area contributed by atoms with Crippen molar-refractivity contribution in [2.45, 2.75) is 52.1 Å². The van der Waals surface area contributed by atoms with Crippen molar-refractivity contribution < 1.29 is 4.43 Å². The van der Waals surface area contributed by atoms with Crippen molar-refractivity contribution in [3.63, 3.8) is 0 Å². The molecule has 0 saturated heterocycles. The maximum atomic E-state index is 5.48. The lowest BCUT2D eigenvalue weighted by Gasteiger charge is -2.23. The molecule has 0 aliphatic heterocycles. The van der Waals surface area contributed by atoms with Crippen LogP contribution < -0.4 is 5.32 Å². The van der Waals surface area contributed by atoms with Crippen molar-refractivity contribution in [2.75, 3.05) is 13.1 Å². The highest BCUT2D eigenvalue weighted by Crippen LogP contribution is 2.13. The van der Waals surface area contributed by atoms with Crippen molar-refractivity contribution in [1.82, 2.24) is 5.32 Å². The Hall–Kier alpha value is 0.137. The van der Waals surface area contributed by atoms with Gasteiger partial charge in [-0.15, -0.1) is 0 Å². The molecular weight excluding hydrogens is 178 g/mol. The molecule has 0 heterocycles. The minimum atomic E-state index is 0.110. The maximum Gasteiger partial charge on any atom is 0.146 e. The molecule has 0 aromatic carbocycles. The summed E-state index contributed by atoms with van der Waals surface area (Å²) in [5, 5.41) is 3.44. The molecule has 3 heteroatoms. The van der Waals surface area contributed by atoms with Crippen LogP contribution in [0.25, 0.3) is 0 Å². The van der Waals surface area contributed by atoms with Crippen LogP contribution in [-0.4, -0.2) is 29.2 Å². The van der Waals surface area contributed by atoms with E-state index in [1.807, 2.05) is 0 Å². The summed E-state index contributed by atoms with van der Waals surface area (Å²) in [6.07, 6.45) is 4.96. The van der Waals surface area contributed by atoms with E-state index in [9.17, 15) is 0 Å². The van der Waals surface area contributed by atoms with Gasteiger partial charge in [0.1, 0.15) is 10.5 Å². The summed E-state index contributed by atoms with van der Waals surface area (Å²) in [6.45, 7) is 8.87. The largest absolute Gasteiger partial charge is 0.423 e. The Morgan fingerprint density at radius 3 is 2.38 bits per heavy atom. The van der Waals surface area contributed by atoms with Crippen LogP contribution in [0, 0.1) is 0 Å². The van der Waals surface area contributed by atoms with Gasteiger partial charge in [-0.3, -0.25) is 0 Å². The van der Waals surface area contributed by atoms with Crippen molar-refractivity contribution in [1.29, 1.82) is 0 Å². The molecule has 2 nitrogen and oxygen atoms in total. The molecule has 0 rings (SSSR count). The normalized spacial score (nSPS) is 12.2. The summed E-state index contributed by atoms with van der Waals surface area (Å²) in [5.74, 6) is 0. The Balaban J connectivity index is 3.16. The molecule has 0 spiro atoms. The summed E-state index contributed by atoms with van der Waals surface area (Å²) in [5.41, 5.74) is 0.110. The first-order valence-electron chi connectivity index (χ1n) is 5.38. The van der Waals surface area contributed by atoms with Gasteiger partial charge in [-0.1, -0.05) is 13.3 Å². The van der Waals surface area contributed by atoms with Gasteiger partial charge in [0, 0.05) is 5.60 Å². The van der Waals surface area contributed by atoms with E-state index >= 15 is 0 Å². The zero-order chi connectivity index (χ0) is 10.2. The van der Waals surface area contributed by atoms with Crippen LogP contribution in [0.3, 0.4) is 0 Å². The third-order valence-electron chi connectivity index (χ3n) is 2.39. The molecule has 0 radical (unpaired) electrons. The lowest BCUT2D eigenvalue weighted by Crippen LogP contribution is -2.25. The van der Waals surface area contributed by atoms with Crippen LogP contribution >= 0.6 is 0 Å². The van der Waals surface area contributed by atoms with E-state index in [2.05, 4.69) is 26.1 Å². The number of nitrogens with one attached hydrogen (secondary N) is 1. The summed E-state index contributed by atoms with van der Waals surface area (Å²) < 4.78 is 5.48. The lowest BCUT2D eigenvalue weighted by atomic mass is 10.0. The number of hydrogen-bond donors (Lipinski definition) is 1. The van der Waals surface area contributed by atoms with Crippen molar-refractivity contribution >= 4 is 10.5 Å². The molecule has 0 saturated carbocycles. The second kappa shape index (κ2) is 7.53. The summed E-state index contributed by atoms with van der Waals surface area (Å²) in [4.78, 5) is 0. The fourth-order valence-corrected chi connectivity index (χ4v) is 1.37. The van der Waals surface area contributed by atoms with Gasteiger partial charge in [-0.2, -0.15) is 0 Å². The third kappa shape index (κ3) is 8.47. The van der Waals surface area contributed by atoms with Crippen LogP contribution in [0.2, 0.25) is 0 Å². The van der Waals surface area contributed by atoms with Crippen LogP contribution in [0.5, 0.6) is 0 Å². The van der Waals surface area contributed by atoms with Gasteiger partial charge in [0.25, 0.3) is 0 Å². The molecule has 1 N–H and O–H groups in total. The quantitative estimate of drug-likeness (QED) is 0.473. The fourth-order valence-electron chi connectivity index (χ4n) is 1.17. The monoisotopic (exact) mass is 203 g/mol. The second-order valence-corrected chi connectivity index (χ2v) is 4.58. The van der Waals surface area contributed by atoms with Crippen molar-refractivity contribution in [3.05, 3.63) is 0 Å². The second-order valence-electron chi connectivity index (χ2n) is 4.17. The van der Waals surface area contributed by atoms with E-state index in [1.165, 1.54) is 25.8 Å². The SMILES string of the molecule is CCCCNCCCC(C)(C)O[SiH3]. The van der Waals surface area contributed by atoms with E-state index in [0.29, 0.717) is 0 Å². The van der Waals surface area contributed by atoms with Gasteiger partial charge in [-0.25, -0.2) is 0 Å². The molecule has 80 valence electrons. The van der Waals surface area contributed by atoms with Gasteiger partial charge in [-0.05, 0) is 46.2 Å². The predicted octanol–water partition coefficient (Wildman–Crippen LogP) is 1.23. The van der Waals surface area contributed by atoms with E-state index in [4.69, 9.17) is 4.43 Å². The zero-order valence-corrected chi connectivity index (χ0v) is 11.7. The average Bonchev–Trinajstić information content (AvgIpc) is 2.11. The van der Waals surface area contributed by atoms with E-state index < -0.39 is 0 Å². The van der Waals surface area contributed by atoms with E-state index in [0.717, 1.165) is 23.5 Å². The topological polar surface area (TPSA) is 21.3 Å². The van der Waals surface area contributed by atoms with Gasteiger partial charge in [0.15, 0.2) is 0 Å². The highest BCUT2D eigenvalue weighted by Gasteiger charge is 2.13. The van der Waals surface area contributed by atoms with Gasteiger partial charge in [0.2, 0.25) is 0 Å². The smallest absolute Gasteiger partial charge is 0.146 e. The van der Waals surface area contributed by atoms with E-state index in [-0.39, 0.29) is 5.60 Å². The Kier molecular flexibility index (Phi) is 7.61. The highest BCUT2D eigenvalue weighted by atomic mass is 28.2. The van der Waals surface area contributed by atoms with Crippen molar-refractivity contribution in [3.8, 4) is 0 Å². The van der Waals surface area contributed by atoms with Crippen LogP contribution in [-0.2, 0) is 4.43 Å². The average molecular weight is 203 g/mol. The standard InChI is InChI=1S/C10H25NOSi/c1-4-5-8-11-9-6-7-10(2,3)12-13/h11H,4-9H2,1-3,13H3. The van der Waals surface area contributed by atoms with Crippen LogP contribution in [0.15, 0.2) is 0 Å². The molecule has 0 unspecified atom stereocenters. The van der Waals surface area contributed by atoms with Gasteiger partial charge >= 0.3 is 0 Å². The third-order valence-corrected chi connectivity index (χ3v) is 3.50. The molecule has 0 aliphatic rings. The minimum Gasteiger partial charge on any atom is -0.423 e. The summed E-state index contributed by atoms with van der Waals surface area (Å²) >= 11 is 0.